The average molecular weight is 290 g/mol. The van der Waals surface area contributed by atoms with Gasteiger partial charge in [0.1, 0.15) is 5.75 Å². The highest BCUT2D eigenvalue weighted by Gasteiger charge is 2.16. The first-order valence-electron chi connectivity index (χ1n) is 6.30. The zero-order valence-corrected chi connectivity index (χ0v) is 12.5. The van der Waals surface area contributed by atoms with Gasteiger partial charge < -0.3 is 10.1 Å². The van der Waals surface area contributed by atoms with Crippen LogP contribution in [0.2, 0.25) is 5.02 Å². The van der Waals surface area contributed by atoms with Crippen LogP contribution in [-0.2, 0) is 0 Å². The molecule has 0 bridgehead atoms. The molecule has 18 heavy (non-hydrogen) atoms. The van der Waals surface area contributed by atoms with Gasteiger partial charge in [0, 0.05) is 17.5 Å². The molecule has 1 aromatic rings. The second-order valence-electron chi connectivity index (χ2n) is 5.01. The van der Waals surface area contributed by atoms with Crippen LogP contribution in [0, 0.1) is 5.92 Å². The summed E-state index contributed by atoms with van der Waals surface area (Å²) in [6, 6.07) is 5.89. The minimum absolute atomic E-state index is 0. The molecule has 102 valence electrons. The van der Waals surface area contributed by atoms with Gasteiger partial charge in [-0.15, -0.1) is 12.4 Å². The maximum atomic E-state index is 6.02. The van der Waals surface area contributed by atoms with Crippen molar-refractivity contribution in [2.45, 2.75) is 26.2 Å². The Hall–Kier alpha value is -0.440. The molecule has 0 amide bonds. The number of nitrogens with one attached hydrogen (secondary N) is 1. The number of rotatable bonds is 4. The van der Waals surface area contributed by atoms with Gasteiger partial charge in [0.25, 0.3) is 0 Å². The lowest BCUT2D eigenvalue weighted by Gasteiger charge is -2.16. The first-order valence-corrected chi connectivity index (χ1v) is 6.67. The molecule has 1 aliphatic heterocycles. The van der Waals surface area contributed by atoms with Gasteiger partial charge in [-0.1, -0.05) is 25.4 Å². The van der Waals surface area contributed by atoms with Crippen molar-refractivity contribution < 1.29 is 4.74 Å². The van der Waals surface area contributed by atoms with Crippen LogP contribution >= 0.6 is 24.0 Å². The van der Waals surface area contributed by atoms with Crippen molar-refractivity contribution >= 4 is 24.0 Å². The Morgan fingerprint density at radius 3 is 2.83 bits per heavy atom. The van der Waals surface area contributed by atoms with E-state index in [-0.39, 0.29) is 12.4 Å². The fourth-order valence-corrected chi connectivity index (χ4v) is 2.35. The van der Waals surface area contributed by atoms with Crippen LogP contribution in [0.5, 0.6) is 5.75 Å². The highest BCUT2D eigenvalue weighted by atomic mass is 35.5. The molecule has 0 aliphatic carbocycles. The maximum absolute atomic E-state index is 6.02. The molecular weight excluding hydrogens is 269 g/mol. The summed E-state index contributed by atoms with van der Waals surface area (Å²) in [7, 11) is 0. The summed E-state index contributed by atoms with van der Waals surface area (Å²) in [4.78, 5) is 0. The Bertz CT molecular complexity index is 376. The lowest BCUT2D eigenvalue weighted by molar-refractivity contribution is 0.257. The van der Waals surface area contributed by atoms with Gasteiger partial charge in [0.15, 0.2) is 0 Å². The molecule has 0 aromatic heterocycles. The monoisotopic (exact) mass is 289 g/mol. The van der Waals surface area contributed by atoms with Crippen LogP contribution in [0.25, 0.3) is 0 Å². The minimum Gasteiger partial charge on any atom is -0.493 e. The molecule has 1 aromatic carbocycles. The van der Waals surface area contributed by atoms with E-state index in [1.54, 1.807) is 0 Å². The molecule has 4 heteroatoms. The third-order valence-electron chi connectivity index (χ3n) is 3.23. The van der Waals surface area contributed by atoms with Gasteiger partial charge in [0.2, 0.25) is 0 Å². The molecule has 0 radical (unpaired) electrons. The quantitative estimate of drug-likeness (QED) is 0.908. The lowest BCUT2D eigenvalue weighted by Crippen LogP contribution is -2.16. The number of benzene rings is 1. The molecule has 0 saturated carbocycles. The molecule has 2 nitrogen and oxygen atoms in total. The van der Waals surface area contributed by atoms with Crippen molar-refractivity contribution in [1.29, 1.82) is 0 Å². The maximum Gasteiger partial charge on any atom is 0.122 e. The van der Waals surface area contributed by atoms with Crippen LogP contribution in [0.1, 0.15) is 31.7 Å². The molecule has 1 aliphatic rings. The van der Waals surface area contributed by atoms with Crippen LogP contribution in [0.3, 0.4) is 0 Å². The smallest absolute Gasteiger partial charge is 0.122 e. The lowest BCUT2D eigenvalue weighted by atomic mass is 10.0. The van der Waals surface area contributed by atoms with Gasteiger partial charge in [-0.25, -0.2) is 0 Å². The van der Waals surface area contributed by atoms with E-state index in [0.717, 1.165) is 30.5 Å². The average Bonchev–Trinajstić information content (AvgIpc) is 2.80. The summed E-state index contributed by atoms with van der Waals surface area (Å²) in [5.74, 6) is 2.06. The SMILES string of the molecule is CC(C)c1cc(Cl)ccc1OCC1CCNC1.Cl. The van der Waals surface area contributed by atoms with Gasteiger partial charge in [-0.05, 0) is 42.6 Å². The first kappa shape index (κ1) is 15.6. The van der Waals surface area contributed by atoms with Crippen molar-refractivity contribution in [3.05, 3.63) is 28.8 Å². The van der Waals surface area contributed by atoms with Gasteiger partial charge in [-0.2, -0.15) is 0 Å². The Balaban J connectivity index is 0.00000162. The summed E-state index contributed by atoms with van der Waals surface area (Å²) in [5.41, 5.74) is 1.20. The van der Waals surface area contributed by atoms with Gasteiger partial charge >= 0.3 is 0 Å². The van der Waals surface area contributed by atoms with E-state index in [0.29, 0.717) is 11.8 Å². The molecule has 0 spiro atoms. The number of hydrogen-bond acceptors (Lipinski definition) is 2. The summed E-state index contributed by atoms with van der Waals surface area (Å²) in [6.45, 7) is 7.32. The summed E-state index contributed by atoms with van der Waals surface area (Å²) < 4.78 is 5.94. The van der Waals surface area contributed by atoms with Crippen LogP contribution in [-0.4, -0.2) is 19.7 Å². The molecular formula is C14H21Cl2NO. The zero-order chi connectivity index (χ0) is 12.3. The van der Waals surface area contributed by atoms with E-state index in [9.17, 15) is 0 Å². The first-order chi connectivity index (χ1) is 8.16. The predicted octanol–water partition coefficient (Wildman–Crippen LogP) is 3.87. The summed E-state index contributed by atoms with van der Waals surface area (Å²) >= 11 is 6.02. The topological polar surface area (TPSA) is 21.3 Å². The summed E-state index contributed by atoms with van der Waals surface area (Å²) in [6.07, 6.45) is 1.21. The second kappa shape index (κ2) is 7.22. The zero-order valence-electron chi connectivity index (χ0n) is 10.9. The van der Waals surface area contributed by atoms with Crippen LogP contribution < -0.4 is 10.1 Å². The molecule has 1 fully saturated rings. The van der Waals surface area contributed by atoms with E-state index >= 15 is 0 Å². The highest BCUT2D eigenvalue weighted by Crippen LogP contribution is 2.29. The number of hydrogen-bond donors (Lipinski definition) is 1. The second-order valence-corrected chi connectivity index (χ2v) is 5.44. The Morgan fingerprint density at radius 1 is 1.44 bits per heavy atom. The van der Waals surface area contributed by atoms with Crippen molar-refractivity contribution in [1.82, 2.24) is 5.32 Å². The standard InChI is InChI=1S/C14H20ClNO.ClH/c1-10(2)13-7-12(15)3-4-14(13)17-9-11-5-6-16-8-11;/h3-4,7,10-11,16H,5-6,8-9H2,1-2H3;1H. The minimum atomic E-state index is 0. The molecule has 1 heterocycles. The normalized spacial score (nSPS) is 18.8. The molecule has 2 rings (SSSR count). The largest absolute Gasteiger partial charge is 0.493 e. The van der Waals surface area contributed by atoms with Crippen molar-refractivity contribution in [3.63, 3.8) is 0 Å². The fraction of sp³-hybridized carbons (Fsp3) is 0.571. The van der Waals surface area contributed by atoms with E-state index in [1.807, 2.05) is 18.2 Å². The van der Waals surface area contributed by atoms with E-state index in [2.05, 4.69) is 19.2 Å². The fourth-order valence-electron chi connectivity index (χ4n) is 2.17. The highest BCUT2D eigenvalue weighted by molar-refractivity contribution is 6.30. The van der Waals surface area contributed by atoms with E-state index in [4.69, 9.17) is 16.3 Å². The summed E-state index contributed by atoms with van der Waals surface area (Å²) in [5, 5.41) is 4.14. The van der Waals surface area contributed by atoms with Crippen molar-refractivity contribution in [2.24, 2.45) is 5.92 Å². The predicted molar refractivity (Wildman–Crippen MR) is 79.3 cm³/mol. The Kier molecular flexibility index (Phi) is 6.27. The van der Waals surface area contributed by atoms with Crippen LogP contribution in [0.4, 0.5) is 0 Å². The molecule has 1 saturated heterocycles. The molecule has 1 N–H and O–H groups in total. The molecule has 1 unspecified atom stereocenters. The van der Waals surface area contributed by atoms with Crippen molar-refractivity contribution in [2.75, 3.05) is 19.7 Å². The van der Waals surface area contributed by atoms with E-state index < -0.39 is 0 Å². The third kappa shape index (κ3) is 4.04. The van der Waals surface area contributed by atoms with Crippen LogP contribution in [0.15, 0.2) is 18.2 Å². The van der Waals surface area contributed by atoms with Crippen molar-refractivity contribution in [3.8, 4) is 5.75 Å². The molecule has 1 atom stereocenters. The number of halogens is 2. The van der Waals surface area contributed by atoms with Gasteiger partial charge in [-0.3, -0.25) is 0 Å². The number of ether oxygens (including phenoxy) is 1. The third-order valence-corrected chi connectivity index (χ3v) is 3.47. The van der Waals surface area contributed by atoms with Gasteiger partial charge in [0.05, 0.1) is 6.61 Å². The Morgan fingerprint density at radius 2 is 2.22 bits per heavy atom. The Labute approximate surface area is 120 Å². The van der Waals surface area contributed by atoms with E-state index in [1.165, 1.54) is 12.0 Å².